The van der Waals surface area contributed by atoms with Crippen LogP contribution in [0.4, 0.5) is 8.78 Å². The van der Waals surface area contributed by atoms with Crippen LogP contribution in [0.5, 0.6) is 5.75 Å². The van der Waals surface area contributed by atoms with Crippen LogP contribution < -0.4 is 4.74 Å². The molecule has 14 heavy (non-hydrogen) atoms. The van der Waals surface area contributed by atoms with Crippen molar-refractivity contribution in [3.8, 4) is 5.75 Å². The summed E-state index contributed by atoms with van der Waals surface area (Å²) in [5, 5.41) is 0. The highest BCUT2D eigenvalue weighted by Gasteiger charge is 2.12. The summed E-state index contributed by atoms with van der Waals surface area (Å²) >= 11 is 0. The van der Waals surface area contributed by atoms with Gasteiger partial charge in [-0.2, -0.15) is 4.39 Å². The fourth-order valence-corrected chi connectivity index (χ4v) is 0.969. The second-order valence-corrected chi connectivity index (χ2v) is 2.46. The Hall–Kier alpha value is -1.74. The molecule has 5 heteroatoms. The van der Waals surface area contributed by atoms with Gasteiger partial charge in [0.05, 0.1) is 13.7 Å². The van der Waals surface area contributed by atoms with E-state index in [2.05, 4.69) is 9.73 Å². The van der Waals surface area contributed by atoms with E-state index in [1.165, 1.54) is 25.3 Å². The first kappa shape index (κ1) is 10.3. The number of carbonyl (C=O) groups excluding carboxylic acids is 1. The molecule has 0 saturated heterocycles. The van der Waals surface area contributed by atoms with Crippen LogP contribution in [0.25, 0.3) is 0 Å². The average molecular weight is 199 g/mol. The maximum atomic E-state index is 13.1. The van der Waals surface area contributed by atoms with E-state index in [0.29, 0.717) is 0 Å². The molecule has 74 valence electrons. The maximum absolute atomic E-state index is 13.1. The third kappa shape index (κ3) is 1.95. The Morgan fingerprint density at radius 1 is 1.43 bits per heavy atom. The van der Waals surface area contributed by atoms with Crippen molar-refractivity contribution >= 4 is 6.08 Å². The Bertz CT molecular complexity index is 387. The number of isocyanates is 1. The molecule has 0 unspecified atom stereocenters. The van der Waals surface area contributed by atoms with Crippen LogP contribution in [-0.2, 0) is 11.3 Å². The molecule has 0 amide bonds. The molecule has 1 aromatic carbocycles. The average Bonchev–Trinajstić information content (AvgIpc) is 2.20. The largest absolute Gasteiger partial charge is 0.494 e. The molecular weight excluding hydrogens is 192 g/mol. The van der Waals surface area contributed by atoms with Gasteiger partial charge in [-0.1, -0.05) is 6.07 Å². The lowest BCUT2D eigenvalue weighted by Gasteiger charge is -2.04. The van der Waals surface area contributed by atoms with Crippen LogP contribution in [0.1, 0.15) is 5.56 Å². The van der Waals surface area contributed by atoms with Gasteiger partial charge in [0.1, 0.15) is 0 Å². The molecule has 0 radical (unpaired) electrons. The summed E-state index contributed by atoms with van der Waals surface area (Å²) < 4.78 is 30.7. The van der Waals surface area contributed by atoms with Crippen molar-refractivity contribution in [3.63, 3.8) is 0 Å². The highest BCUT2D eigenvalue weighted by Crippen LogP contribution is 2.22. The van der Waals surface area contributed by atoms with Gasteiger partial charge >= 0.3 is 0 Å². The Kier molecular flexibility index (Phi) is 3.31. The molecule has 3 nitrogen and oxygen atoms in total. The predicted octanol–water partition coefficient (Wildman–Crippen LogP) is 1.81. The summed E-state index contributed by atoms with van der Waals surface area (Å²) in [5.74, 6) is -2.31. The summed E-state index contributed by atoms with van der Waals surface area (Å²) in [5.41, 5.74) is -0.00773. The van der Waals surface area contributed by atoms with E-state index >= 15 is 0 Å². The molecular formula is C9H7F2NO2. The molecule has 0 aliphatic heterocycles. The second-order valence-electron chi connectivity index (χ2n) is 2.46. The molecule has 1 rings (SSSR count). The minimum Gasteiger partial charge on any atom is -0.494 e. The number of benzene rings is 1. The standard InChI is InChI=1S/C9H7F2NO2/c1-14-7-3-2-6(4-12-5-13)8(10)9(7)11/h2-3H,4H2,1H3. The lowest BCUT2D eigenvalue weighted by molar-refractivity contribution is 0.370. The van der Waals surface area contributed by atoms with E-state index in [4.69, 9.17) is 0 Å². The number of hydrogen-bond donors (Lipinski definition) is 0. The maximum Gasteiger partial charge on any atom is 0.235 e. The van der Waals surface area contributed by atoms with Crippen LogP contribution >= 0.6 is 0 Å². The minimum absolute atomic E-state index is 0.00773. The van der Waals surface area contributed by atoms with Crippen molar-refractivity contribution < 1.29 is 18.3 Å². The molecule has 0 N–H and O–H groups in total. The van der Waals surface area contributed by atoms with Crippen molar-refractivity contribution in [1.29, 1.82) is 0 Å². The number of rotatable bonds is 3. The van der Waals surface area contributed by atoms with Gasteiger partial charge in [-0.15, -0.1) is 0 Å². The van der Waals surface area contributed by atoms with Crippen molar-refractivity contribution in [2.24, 2.45) is 4.99 Å². The van der Waals surface area contributed by atoms with Crippen molar-refractivity contribution in [1.82, 2.24) is 0 Å². The molecule has 0 saturated carbocycles. The van der Waals surface area contributed by atoms with E-state index in [1.54, 1.807) is 0 Å². The number of aliphatic imine (C=N–C) groups is 1. The van der Waals surface area contributed by atoms with E-state index < -0.39 is 11.6 Å². The third-order valence-corrected chi connectivity index (χ3v) is 1.66. The van der Waals surface area contributed by atoms with Gasteiger partial charge in [0, 0.05) is 5.56 Å². The number of halogens is 2. The lowest BCUT2D eigenvalue weighted by atomic mass is 10.2. The Balaban J connectivity index is 3.10. The van der Waals surface area contributed by atoms with Gasteiger partial charge in [-0.05, 0) is 6.07 Å². The molecule has 0 aliphatic carbocycles. The zero-order chi connectivity index (χ0) is 10.6. The molecule has 0 spiro atoms. The van der Waals surface area contributed by atoms with Gasteiger partial charge in [-0.25, -0.2) is 14.2 Å². The van der Waals surface area contributed by atoms with E-state index in [-0.39, 0.29) is 17.9 Å². The summed E-state index contributed by atoms with van der Waals surface area (Å²) in [6.45, 7) is -0.226. The molecule has 0 bridgehead atoms. The first-order chi connectivity index (χ1) is 6.70. The molecule has 0 fully saturated rings. The van der Waals surface area contributed by atoms with Crippen LogP contribution in [-0.4, -0.2) is 13.2 Å². The zero-order valence-electron chi connectivity index (χ0n) is 7.38. The SMILES string of the molecule is COc1ccc(CN=C=O)c(F)c1F. The van der Waals surface area contributed by atoms with Crippen LogP contribution in [0.3, 0.4) is 0 Å². The van der Waals surface area contributed by atoms with Crippen LogP contribution in [0.2, 0.25) is 0 Å². The summed E-state index contributed by atoms with van der Waals surface area (Å²) in [7, 11) is 1.24. The van der Waals surface area contributed by atoms with Crippen LogP contribution in [0, 0.1) is 11.6 Å². The molecule has 0 atom stereocenters. The van der Waals surface area contributed by atoms with Crippen molar-refractivity contribution in [2.75, 3.05) is 7.11 Å². The molecule has 0 aromatic heterocycles. The molecule has 1 aromatic rings. The van der Waals surface area contributed by atoms with Crippen molar-refractivity contribution in [3.05, 3.63) is 29.3 Å². The van der Waals surface area contributed by atoms with Gasteiger partial charge < -0.3 is 4.74 Å². The number of methoxy groups -OCH3 is 1. The zero-order valence-corrected chi connectivity index (χ0v) is 7.38. The van der Waals surface area contributed by atoms with E-state index in [1.807, 2.05) is 0 Å². The number of ether oxygens (including phenoxy) is 1. The number of hydrogen-bond acceptors (Lipinski definition) is 3. The van der Waals surface area contributed by atoms with Gasteiger partial charge in [0.15, 0.2) is 11.6 Å². The van der Waals surface area contributed by atoms with Gasteiger partial charge in [-0.3, -0.25) is 0 Å². The highest BCUT2D eigenvalue weighted by molar-refractivity contribution is 5.35. The first-order valence-electron chi connectivity index (χ1n) is 3.75. The topological polar surface area (TPSA) is 38.7 Å². The molecule has 0 heterocycles. The summed E-state index contributed by atoms with van der Waals surface area (Å²) in [4.78, 5) is 12.9. The smallest absolute Gasteiger partial charge is 0.235 e. The summed E-state index contributed by atoms with van der Waals surface area (Å²) in [6, 6.07) is 2.58. The van der Waals surface area contributed by atoms with Crippen LogP contribution in [0.15, 0.2) is 17.1 Å². The quantitative estimate of drug-likeness (QED) is 0.550. The van der Waals surface area contributed by atoms with Gasteiger partial charge in [0.2, 0.25) is 11.9 Å². The highest BCUT2D eigenvalue weighted by atomic mass is 19.2. The molecule has 0 aliphatic rings. The van der Waals surface area contributed by atoms with E-state index in [0.717, 1.165) is 0 Å². The van der Waals surface area contributed by atoms with E-state index in [9.17, 15) is 13.6 Å². The van der Waals surface area contributed by atoms with Gasteiger partial charge in [0.25, 0.3) is 0 Å². The van der Waals surface area contributed by atoms with Crippen molar-refractivity contribution in [2.45, 2.75) is 6.54 Å². The lowest BCUT2D eigenvalue weighted by Crippen LogP contribution is -1.96. The number of nitrogens with zero attached hydrogens (tertiary/aromatic N) is 1. The first-order valence-corrected chi connectivity index (χ1v) is 3.75. The predicted molar refractivity (Wildman–Crippen MR) is 44.7 cm³/mol. The fraction of sp³-hybridized carbons (Fsp3) is 0.222. The third-order valence-electron chi connectivity index (χ3n) is 1.66. The fourth-order valence-electron chi connectivity index (χ4n) is 0.969. The Morgan fingerprint density at radius 3 is 2.71 bits per heavy atom. The normalized spacial score (nSPS) is 9.36. The minimum atomic E-state index is -1.08. The Labute approximate surface area is 79.0 Å². The monoisotopic (exact) mass is 199 g/mol. The Morgan fingerprint density at radius 2 is 2.14 bits per heavy atom. The summed E-state index contributed by atoms with van der Waals surface area (Å²) in [6.07, 6.45) is 1.25. The second kappa shape index (κ2) is 4.48.